The second-order valence-electron chi connectivity index (χ2n) is 14.5. The Hall–Kier alpha value is -1.56. The number of allylic oxidation sites excluding steroid dienone is 4. The fourth-order valence-electron chi connectivity index (χ4n) is 7.73. The van der Waals surface area contributed by atoms with Gasteiger partial charge in [-0.3, -0.25) is 13.5 Å². The third-order valence-electron chi connectivity index (χ3n) is 10.2. The second-order valence-corrected chi connectivity index (χ2v) is 18.3. The maximum absolute atomic E-state index is 5.36. The molecular weight excluding hydrogens is 758 g/mol. The molecular formula is C42H66ClN6PRh+. The van der Waals surface area contributed by atoms with E-state index in [0.717, 1.165) is 23.6 Å². The molecule has 0 amide bonds. The predicted molar refractivity (Wildman–Crippen MR) is 223 cm³/mol. The summed E-state index contributed by atoms with van der Waals surface area (Å²) in [5.41, 5.74) is 12.0. The third kappa shape index (κ3) is 14.3. The molecule has 3 N–H and O–H groups in total. The van der Waals surface area contributed by atoms with Crippen molar-refractivity contribution in [3.63, 3.8) is 0 Å². The van der Waals surface area contributed by atoms with Gasteiger partial charge in [0.05, 0.1) is 19.4 Å². The number of hydrogen-bond acceptors (Lipinski definition) is 6. The molecule has 7 rings (SSSR count). The number of nitrogens with zero attached hydrogens (tertiary/aromatic N) is 4. The number of fused-ring (bicyclic) bond motifs is 2. The van der Waals surface area contributed by atoms with Gasteiger partial charge in [-0.05, 0) is 110 Å². The van der Waals surface area contributed by atoms with Crippen molar-refractivity contribution in [1.29, 1.82) is 0 Å². The van der Waals surface area contributed by atoms with Crippen LogP contribution in [0.3, 0.4) is 0 Å². The van der Waals surface area contributed by atoms with Gasteiger partial charge in [-0.15, -0.1) is 0 Å². The third-order valence-corrected chi connectivity index (χ3v) is 13.7. The molecule has 9 heteroatoms. The number of hydrogen-bond donors (Lipinski definition) is 2. The Morgan fingerprint density at radius 1 is 0.824 bits per heavy atom. The van der Waals surface area contributed by atoms with Gasteiger partial charge in [0.15, 0.2) is 0 Å². The van der Waals surface area contributed by atoms with E-state index in [9.17, 15) is 0 Å². The van der Waals surface area contributed by atoms with Crippen molar-refractivity contribution in [3.05, 3.63) is 110 Å². The van der Waals surface area contributed by atoms with E-state index in [4.69, 9.17) is 5.73 Å². The van der Waals surface area contributed by atoms with Crippen LogP contribution < -0.4 is 11.1 Å². The van der Waals surface area contributed by atoms with Crippen LogP contribution in [0.4, 0.5) is 11.4 Å². The molecule has 284 valence electrons. The molecule has 3 unspecified atom stereocenters. The van der Waals surface area contributed by atoms with Gasteiger partial charge in [0.1, 0.15) is 0 Å². The fourth-order valence-corrected chi connectivity index (χ4v) is 11.3. The first kappa shape index (κ1) is 43.8. The standard InChI is InChI=1S/C16H31N4P.C13H17N.C7H10.C6H7N.ClH.Rh/c1-13(2)21(14(3)4)20-11-10-19-9-8-18-7-6-17(5)15(18)12-16(19)20;1-11(12-7-5-6-8-12)14-13-9-3-2-4-10-13;1-2-7-5-3-4-6-7;7-6-4-2-1-3-5-6;;/h12-16H,5-11H2,1-4H3;2-4,7,9-11,14H,5-6,8H2,1H3;2,5H,1,3-4,6H2;1-5H,7H2;1H;/q-2;;;;;+3. The van der Waals surface area contributed by atoms with Crippen LogP contribution in [0.2, 0.25) is 0 Å². The van der Waals surface area contributed by atoms with Crippen molar-refractivity contribution in [2.75, 3.05) is 50.3 Å². The molecule has 3 aliphatic heterocycles. The summed E-state index contributed by atoms with van der Waals surface area (Å²) in [7, 11) is 8.29. The van der Waals surface area contributed by atoms with Crippen LogP contribution in [-0.4, -0.2) is 88.3 Å². The van der Waals surface area contributed by atoms with E-state index in [1.165, 1.54) is 82.5 Å². The van der Waals surface area contributed by atoms with Gasteiger partial charge in [-0.25, -0.2) is 0 Å². The molecule has 2 aromatic rings. The number of rotatable bonds is 7. The van der Waals surface area contributed by atoms with E-state index in [0.29, 0.717) is 18.4 Å². The van der Waals surface area contributed by atoms with E-state index in [1.807, 2.05) is 59.8 Å². The van der Waals surface area contributed by atoms with Crippen molar-refractivity contribution in [2.24, 2.45) is 0 Å². The number of nitrogen functional groups attached to an aromatic ring is 1. The summed E-state index contributed by atoms with van der Waals surface area (Å²) in [6.07, 6.45) is 17.9. The minimum atomic E-state index is -0.483. The van der Waals surface area contributed by atoms with Crippen LogP contribution in [0.25, 0.3) is 0 Å². The molecule has 0 bridgehead atoms. The summed E-state index contributed by atoms with van der Waals surface area (Å²) >= 11 is 2.02. The second kappa shape index (κ2) is 24.0. The molecule has 3 heterocycles. The molecule has 3 fully saturated rings. The van der Waals surface area contributed by atoms with Crippen molar-refractivity contribution >= 4 is 29.1 Å². The normalized spacial score (nSPS) is 22.4. The summed E-state index contributed by atoms with van der Waals surface area (Å²) in [5.74, 6) is 0. The Labute approximate surface area is 327 Å². The molecule has 2 aliphatic carbocycles. The Kier molecular flexibility index (Phi) is 20.6. The zero-order valence-electron chi connectivity index (χ0n) is 31.9. The molecule has 3 saturated heterocycles. The van der Waals surface area contributed by atoms with Gasteiger partial charge >= 0.3 is 27.0 Å². The summed E-state index contributed by atoms with van der Waals surface area (Å²) in [6, 6.07) is 20.4. The Morgan fingerprint density at radius 3 is 1.86 bits per heavy atom. The average molecular weight is 824 g/mol. The van der Waals surface area contributed by atoms with Crippen LogP contribution >= 0.6 is 17.8 Å². The fraction of sp³-hybridized carbons (Fsp3) is 0.524. The Bertz CT molecular complexity index is 1300. The van der Waals surface area contributed by atoms with Gasteiger partial charge in [0.2, 0.25) is 0 Å². The van der Waals surface area contributed by atoms with E-state index < -0.39 is 8.07 Å². The van der Waals surface area contributed by atoms with E-state index in [2.05, 4.69) is 125 Å². The zero-order valence-corrected chi connectivity index (χ0v) is 35.3. The Morgan fingerprint density at radius 2 is 1.37 bits per heavy atom. The van der Waals surface area contributed by atoms with Gasteiger partial charge in [0, 0.05) is 50.1 Å². The molecule has 2 aromatic carbocycles. The number of halogens is 1. The molecule has 51 heavy (non-hydrogen) atoms. The number of nitrogens with one attached hydrogen (secondary N) is 1. The number of nitrogens with two attached hydrogens (primary N) is 1. The van der Waals surface area contributed by atoms with Crippen molar-refractivity contribution in [1.82, 2.24) is 19.4 Å². The van der Waals surface area contributed by atoms with Crippen LogP contribution in [0, 0.1) is 13.5 Å². The SMILES string of the molecule is C=CC1=CCCC1.CC(Nc1ccccc1)C1=CCCC1.Nc1ccccc1.[CH2-]N1CCN2CCN3CCN([PH+](C(C)C)C(C)C)C3[CH-]C12.[Cl][Rh+2]. The predicted octanol–water partition coefficient (Wildman–Crippen LogP) is 9.67. The summed E-state index contributed by atoms with van der Waals surface area (Å²) in [5, 5.41) is 3.52. The summed E-state index contributed by atoms with van der Waals surface area (Å²) < 4.78 is 2.86. The first-order chi connectivity index (χ1) is 24.7. The van der Waals surface area contributed by atoms with E-state index in [1.54, 1.807) is 5.57 Å². The maximum atomic E-state index is 5.36. The molecule has 0 spiro atoms. The molecule has 0 saturated carbocycles. The van der Waals surface area contributed by atoms with Gasteiger partial charge in [0.25, 0.3) is 0 Å². The molecule has 0 aromatic heterocycles. The topological polar surface area (TPSA) is 51.0 Å². The first-order valence-corrected chi connectivity index (χ1v) is 22.7. The van der Waals surface area contributed by atoms with Gasteiger partial charge in [-0.2, -0.15) is 4.67 Å². The average Bonchev–Trinajstić information content (AvgIpc) is 3.96. The quantitative estimate of drug-likeness (QED) is 0.0955. The van der Waals surface area contributed by atoms with Crippen molar-refractivity contribution in [2.45, 2.75) is 103 Å². The van der Waals surface area contributed by atoms with Crippen LogP contribution in [-0.2, 0) is 17.3 Å². The van der Waals surface area contributed by atoms with Crippen molar-refractivity contribution in [3.8, 4) is 0 Å². The number of anilines is 2. The molecule has 0 radical (unpaired) electrons. The minimum absolute atomic E-state index is 0.447. The Balaban J connectivity index is 0.000000200. The monoisotopic (exact) mass is 823 g/mol. The van der Waals surface area contributed by atoms with E-state index >= 15 is 0 Å². The molecule has 3 atom stereocenters. The van der Waals surface area contributed by atoms with Crippen LogP contribution in [0.5, 0.6) is 0 Å². The molecule has 6 nitrogen and oxygen atoms in total. The van der Waals surface area contributed by atoms with Crippen LogP contribution in [0.1, 0.15) is 73.1 Å². The zero-order chi connectivity index (χ0) is 37.2. The summed E-state index contributed by atoms with van der Waals surface area (Å²) in [4.78, 5) is 7.57. The van der Waals surface area contributed by atoms with Crippen molar-refractivity contribution < 1.29 is 17.3 Å². The van der Waals surface area contributed by atoms with Gasteiger partial charge in [-0.1, -0.05) is 78.5 Å². The number of para-hydroxylation sites is 2. The van der Waals surface area contributed by atoms with Crippen LogP contribution in [0.15, 0.2) is 96.6 Å². The number of benzene rings is 2. The molecule has 5 aliphatic rings. The first-order valence-electron chi connectivity index (χ1n) is 19.0. The van der Waals surface area contributed by atoms with Gasteiger partial charge < -0.3 is 25.8 Å². The summed E-state index contributed by atoms with van der Waals surface area (Å²) in [6.45, 7) is 22.8. The van der Waals surface area contributed by atoms with E-state index in [-0.39, 0.29) is 0 Å².